The van der Waals surface area contributed by atoms with Crippen LogP contribution in [0.4, 0.5) is 0 Å². The molecule has 72 valence electrons. The van der Waals surface area contributed by atoms with E-state index in [1.165, 1.54) is 10.9 Å². The summed E-state index contributed by atoms with van der Waals surface area (Å²) in [6.45, 7) is 0.255. The number of aliphatic hydroxyl groups is 1. The molecule has 0 radical (unpaired) electrons. The van der Waals surface area contributed by atoms with Crippen molar-refractivity contribution in [2.75, 3.05) is 6.61 Å². The molecule has 1 N–H and O–H groups in total. The molecule has 0 aliphatic heterocycles. The van der Waals surface area contributed by atoms with Crippen molar-refractivity contribution in [1.29, 1.82) is 0 Å². The Hall–Kier alpha value is -1.41. The van der Waals surface area contributed by atoms with Crippen molar-refractivity contribution >= 4 is 10.9 Å². The lowest BCUT2D eigenvalue weighted by molar-refractivity contribution is 0.288. The summed E-state index contributed by atoms with van der Waals surface area (Å²) in [6, 6.07) is 10.2. The molecule has 0 atom stereocenters. The molecule has 2 aromatic rings. The standard InChI is InChI=1S/C12H13NO/c14-8-2-3-10-5-6-12-11(9-10)4-1-7-13-12/h1,4-7,9,14H,2-3,8H2. The van der Waals surface area contributed by atoms with Gasteiger partial charge in [-0.1, -0.05) is 12.1 Å². The summed E-state index contributed by atoms with van der Waals surface area (Å²) in [5.41, 5.74) is 2.29. The van der Waals surface area contributed by atoms with E-state index in [9.17, 15) is 0 Å². The fraction of sp³-hybridized carbons (Fsp3) is 0.250. The molecule has 0 amide bonds. The minimum Gasteiger partial charge on any atom is -0.396 e. The largest absolute Gasteiger partial charge is 0.396 e. The molecule has 1 heterocycles. The number of aromatic nitrogens is 1. The Morgan fingerprint density at radius 2 is 2.14 bits per heavy atom. The predicted molar refractivity (Wildman–Crippen MR) is 57.1 cm³/mol. The first-order chi connectivity index (χ1) is 6.90. The summed E-state index contributed by atoms with van der Waals surface area (Å²) in [6.07, 6.45) is 3.56. The van der Waals surface area contributed by atoms with Gasteiger partial charge in [0.25, 0.3) is 0 Å². The maximum atomic E-state index is 8.73. The SMILES string of the molecule is OCCCc1ccc2ncccc2c1. The average molecular weight is 187 g/mol. The number of hydrogen-bond donors (Lipinski definition) is 1. The van der Waals surface area contributed by atoms with Gasteiger partial charge in [0.15, 0.2) is 0 Å². The number of fused-ring (bicyclic) bond motifs is 1. The summed E-state index contributed by atoms with van der Waals surface area (Å²) in [7, 11) is 0. The van der Waals surface area contributed by atoms with Crippen LogP contribution in [0.3, 0.4) is 0 Å². The first-order valence-electron chi connectivity index (χ1n) is 4.84. The zero-order chi connectivity index (χ0) is 9.80. The molecule has 0 aliphatic carbocycles. The third-order valence-electron chi connectivity index (χ3n) is 2.29. The molecule has 1 aromatic carbocycles. The fourth-order valence-corrected chi connectivity index (χ4v) is 1.56. The molecular weight excluding hydrogens is 174 g/mol. The van der Waals surface area contributed by atoms with Crippen molar-refractivity contribution in [3.63, 3.8) is 0 Å². The van der Waals surface area contributed by atoms with E-state index in [0.717, 1.165) is 18.4 Å². The number of aliphatic hydroxyl groups excluding tert-OH is 1. The van der Waals surface area contributed by atoms with E-state index in [0.29, 0.717) is 0 Å². The van der Waals surface area contributed by atoms with Crippen molar-refractivity contribution in [2.45, 2.75) is 12.8 Å². The maximum Gasteiger partial charge on any atom is 0.0702 e. The highest BCUT2D eigenvalue weighted by molar-refractivity contribution is 5.78. The van der Waals surface area contributed by atoms with Gasteiger partial charge in [-0.15, -0.1) is 0 Å². The van der Waals surface area contributed by atoms with Crippen molar-refractivity contribution in [3.05, 3.63) is 42.1 Å². The summed E-state index contributed by atoms with van der Waals surface area (Å²) >= 11 is 0. The van der Waals surface area contributed by atoms with E-state index in [1.807, 2.05) is 12.1 Å². The monoisotopic (exact) mass is 187 g/mol. The van der Waals surface area contributed by atoms with Crippen molar-refractivity contribution in [1.82, 2.24) is 4.98 Å². The smallest absolute Gasteiger partial charge is 0.0702 e. The highest BCUT2D eigenvalue weighted by atomic mass is 16.2. The topological polar surface area (TPSA) is 33.1 Å². The lowest BCUT2D eigenvalue weighted by atomic mass is 10.1. The van der Waals surface area contributed by atoms with Gasteiger partial charge < -0.3 is 5.11 Å². The normalized spacial score (nSPS) is 10.6. The highest BCUT2D eigenvalue weighted by Gasteiger charge is 1.96. The minimum absolute atomic E-state index is 0.255. The molecule has 2 rings (SSSR count). The molecule has 1 aromatic heterocycles. The van der Waals surface area contributed by atoms with E-state index in [1.54, 1.807) is 6.20 Å². The van der Waals surface area contributed by atoms with Gasteiger partial charge in [0.05, 0.1) is 5.52 Å². The van der Waals surface area contributed by atoms with Gasteiger partial charge in [0.2, 0.25) is 0 Å². The van der Waals surface area contributed by atoms with Gasteiger partial charge in [0, 0.05) is 18.2 Å². The van der Waals surface area contributed by atoms with E-state index in [-0.39, 0.29) is 6.61 Å². The maximum absolute atomic E-state index is 8.73. The number of hydrogen-bond acceptors (Lipinski definition) is 2. The summed E-state index contributed by atoms with van der Waals surface area (Å²) in [5, 5.41) is 9.90. The fourth-order valence-electron chi connectivity index (χ4n) is 1.56. The second-order valence-electron chi connectivity index (χ2n) is 3.36. The number of nitrogens with zero attached hydrogens (tertiary/aromatic N) is 1. The summed E-state index contributed by atoms with van der Waals surface area (Å²) < 4.78 is 0. The third kappa shape index (κ3) is 1.91. The molecule has 0 fully saturated rings. The highest BCUT2D eigenvalue weighted by Crippen LogP contribution is 2.14. The van der Waals surface area contributed by atoms with Crippen LogP contribution in [0.2, 0.25) is 0 Å². The summed E-state index contributed by atoms with van der Waals surface area (Å²) in [4.78, 5) is 4.25. The van der Waals surface area contributed by atoms with Crippen LogP contribution in [0.1, 0.15) is 12.0 Å². The van der Waals surface area contributed by atoms with E-state index in [2.05, 4.69) is 23.2 Å². The van der Waals surface area contributed by atoms with Crippen molar-refractivity contribution in [2.24, 2.45) is 0 Å². The number of aryl methyl sites for hydroxylation is 1. The molecule has 0 unspecified atom stereocenters. The molecule has 2 nitrogen and oxygen atoms in total. The zero-order valence-electron chi connectivity index (χ0n) is 7.98. The van der Waals surface area contributed by atoms with Crippen LogP contribution in [-0.4, -0.2) is 16.7 Å². The molecule has 0 saturated heterocycles. The van der Waals surface area contributed by atoms with E-state index >= 15 is 0 Å². The average Bonchev–Trinajstić information content (AvgIpc) is 2.26. The molecule has 0 bridgehead atoms. The van der Waals surface area contributed by atoms with Crippen LogP contribution >= 0.6 is 0 Å². The van der Waals surface area contributed by atoms with Gasteiger partial charge >= 0.3 is 0 Å². The first-order valence-corrected chi connectivity index (χ1v) is 4.84. The zero-order valence-corrected chi connectivity index (χ0v) is 7.98. The molecule has 0 aliphatic rings. The van der Waals surface area contributed by atoms with Crippen LogP contribution in [0.25, 0.3) is 10.9 Å². The van der Waals surface area contributed by atoms with Crippen molar-refractivity contribution < 1.29 is 5.11 Å². The molecule has 0 spiro atoms. The second-order valence-corrected chi connectivity index (χ2v) is 3.36. The predicted octanol–water partition coefficient (Wildman–Crippen LogP) is 2.16. The number of benzene rings is 1. The van der Waals surface area contributed by atoms with Crippen LogP contribution in [0.15, 0.2) is 36.5 Å². The van der Waals surface area contributed by atoms with Crippen molar-refractivity contribution in [3.8, 4) is 0 Å². The van der Waals surface area contributed by atoms with E-state index in [4.69, 9.17) is 5.11 Å². The second kappa shape index (κ2) is 4.20. The molecular formula is C12H13NO. The van der Waals surface area contributed by atoms with Crippen LogP contribution in [0, 0.1) is 0 Å². The van der Waals surface area contributed by atoms with Crippen LogP contribution in [0.5, 0.6) is 0 Å². The van der Waals surface area contributed by atoms with Gasteiger partial charge in [-0.2, -0.15) is 0 Å². The third-order valence-corrected chi connectivity index (χ3v) is 2.29. The Balaban J connectivity index is 2.32. The van der Waals surface area contributed by atoms with E-state index < -0.39 is 0 Å². The molecule has 2 heteroatoms. The molecule has 0 saturated carbocycles. The summed E-state index contributed by atoms with van der Waals surface area (Å²) in [5.74, 6) is 0. The quantitative estimate of drug-likeness (QED) is 0.798. The van der Waals surface area contributed by atoms with Gasteiger partial charge in [0.1, 0.15) is 0 Å². The Morgan fingerprint density at radius 3 is 3.00 bits per heavy atom. The van der Waals surface area contributed by atoms with Gasteiger partial charge in [-0.25, -0.2) is 0 Å². The van der Waals surface area contributed by atoms with Gasteiger partial charge in [-0.3, -0.25) is 4.98 Å². The molecule has 14 heavy (non-hydrogen) atoms. The number of rotatable bonds is 3. The Kier molecular flexibility index (Phi) is 2.75. The lowest BCUT2D eigenvalue weighted by Crippen LogP contribution is -1.89. The number of pyridine rings is 1. The Bertz CT molecular complexity index is 425. The van der Waals surface area contributed by atoms with Crippen LogP contribution < -0.4 is 0 Å². The lowest BCUT2D eigenvalue weighted by Gasteiger charge is -2.01. The Labute approximate surface area is 83.2 Å². The van der Waals surface area contributed by atoms with Crippen LogP contribution in [-0.2, 0) is 6.42 Å². The Morgan fingerprint density at radius 1 is 1.21 bits per heavy atom. The first kappa shape index (κ1) is 9.16. The van der Waals surface area contributed by atoms with Gasteiger partial charge in [-0.05, 0) is 36.6 Å². The minimum atomic E-state index is 0.255.